The summed E-state index contributed by atoms with van der Waals surface area (Å²) in [5.41, 5.74) is 3.32. The van der Waals surface area contributed by atoms with Gasteiger partial charge in [-0.3, -0.25) is 14.4 Å². The van der Waals surface area contributed by atoms with E-state index >= 15 is 0 Å². The normalized spacial score (nSPS) is 11.0. The van der Waals surface area contributed by atoms with Crippen molar-refractivity contribution in [1.29, 1.82) is 0 Å². The Morgan fingerprint density at radius 3 is 0.957 bits per heavy atom. The fourth-order valence-electron chi connectivity index (χ4n) is 4.83. The highest BCUT2D eigenvalue weighted by atomic mass is 31.1. The molecule has 0 aliphatic rings. The maximum atomic E-state index is 12.1. The molecule has 0 fully saturated rings. The summed E-state index contributed by atoms with van der Waals surface area (Å²) in [5, 5.41) is 3.64. The van der Waals surface area contributed by atoms with E-state index in [1.165, 1.54) is 15.9 Å². The summed E-state index contributed by atoms with van der Waals surface area (Å²) in [4.78, 5) is 36.3. The lowest BCUT2D eigenvalue weighted by Gasteiger charge is -2.20. The molecule has 3 aromatic carbocycles. The van der Waals surface area contributed by atoms with E-state index < -0.39 is 7.92 Å². The number of benzene rings is 3. The van der Waals surface area contributed by atoms with Gasteiger partial charge in [-0.15, -0.1) is 0 Å². The molecular formula is C39H51O6P. The number of unbranched alkanes of at least 4 members (excludes halogenated alkanes) is 3. The lowest BCUT2D eigenvalue weighted by molar-refractivity contribution is -0.144. The number of rotatable bonds is 21. The number of esters is 3. The van der Waals surface area contributed by atoms with Gasteiger partial charge in [0, 0.05) is 19.3 Å². The quantitative estimate of drug-likeness (QED) is 0.0524. The van der Waals surface area contributed by atoms with Crippen molar-refractivity contribution >= 4 is 41.7 Å². The molecule has 3 rings (SSSR count). The van der Waals surface area contributed by atoms with Crippen LogP contribution in [0, 0.1) is 0 Å². The topological polar surface area (TPSA) is 78.9 Å². The van der Waals surface area contributed by atoms with Gasteiger partial charge in [0.1, 0.15) is 0 Å². The third-order valence-corrected chi connectivity index (χ3v) is 10.2. The Hall–Kier alpha value is -3.50. The van der Waals surface area contributed by atoms with Crippen molar-refractivity contribution in [2.45, 2.75) is 97.8 Å². The standard InChI is InChI=1S/C39H51O6P/c1-4-7-28-43-37(40)25-16-31-10-19-34(20-11-31)46(35-21-12-32(13-22-35)17-26-38(41)44-29-8-5-2)36-23-14-33(15-24-36)18-27-39(42)45-30-9-6-3/h10-15,19-24H,4-9,16-18,25-30H2,1-3H3. The smallest absolute Gasteiger partial charge is 0.306 e. The van der Waals surface area contributed by atoms with Crippen molar-refractivity contribution in [1.82, 2.24) is 0 Å². The summed E-state index contributed by atoms with van der Waals surface area (Å²) in [7, 11) is -0.853. The number of hydrogen-bond donors (Lipinski definition) is 0. The molecule has 0 N–H and O–H groups in total. The first-order chi connectivity index (χ1) is 22.4. The number of ether oxygens (including phenoxy) is 3. The predicted octanol–water partition coefficient (Wildman–Crippen LogP) is 7.27. The molecule has 0 aliphatic carbocycles. The van der Waals surface area contributed by atoms with Gasteiger partial charge in [0.05, 0.1) is 19.8 Å². The van der Waals surface area contributed by atoms with E-state index in [4.69, 9.17) is 14.2 Å². The van der Waals surface area contributed by atoms with Gasteiger partial charge >= 0.3 is 17.9 Å². The highest BCUT2D eigenvalue weighted by molar-refractivity contribution is 7.79. The molecule has 0 atom stereocenters. The van der Waals surface area contributed by atoms with Crippen LogP contribution in [0.15, 0.2) is 72.8 Å². The van der Waals surface area contributed by atoms with Gasteiger partial charge in [-0.05, 0) is 79.1 Å². The number of carbonyl (C=O) groups excluding carboxylic acids is 3. The van der Waals surface area contributed by atoms with Crippen molar-refractivity contribution in [2.75, 3.05) is 19.8 Å². The monoisotopic (exact) mass is 646 g/mol. The number of aryl methyl sites for hydroxylation is 3. The minimum Gasteiger partial charge on any atom is -0.466 e. The Morgan fingerprint density at radius 1 is 0.457 bits per heavy atom. The van der Waals surface area contributed by atoms with Crippen LogP contribution in [0.2, 0.25) is 0 Å². The van der Waals surface area contributed by atoms with Gasteiger partial charge in [-0.1, -0.05) is 113 Å². The van der Waals surface area contributed by atoms with E-state index in [0.29, 0.717) is 58.3 Å². The van der Waals surface area contributed by atoms with Gasteiger partial charge in [0.25, 0.3) is 0 Å². The molecule has 248 valence electrons. The summed E-state index contributed by atoms with van der Waals surface area (Å²) in [6, 6.07) is 25.7. The van der Waals surface area contributed by atoms with Crippen molar-refractivity contribution < 1.29 is 28.6 Å². The zero-order chi connectivity index (χ0) is 33.0. The second-order valence-electron chi connectivity index (χ2n) is 11.6. The Bertz CT molecular complexity index is 1150. The van der Waals surface area contributed by atoms with Crippen LogP contribution in [-0.2, 0) is 47.9 Å². The minimum absolute atomic E-state index is 0.150. The summed E-state index contributed by atoms with van der Waals surface area (Å²) >= 11 is 0. The van der Waals surface area contributed by atoms with E-state index in [2.05, 4.69) is 93.6 Å². The molecule has 0 spiro atoms. The molecule has 3 aromatic rings. The summed E-state index contributed by atoms with van der Waals surface area (Å²) in [6.45, 7) is 7.70. The van der Waals surface area contributed by atoms with E-state index in [9.17, 15) is 14.4 Å². The fraction of sp³-hybridized carbons (Fsp3) is 0.462. The molecular weight excluding hydrogens is 595 g/mol. The molecule has 7 heteroatoms. The van der Waals surface area contributed by atoms with Crippen molar-refractivity contribution in [3.8, 4) is 0 Å². The van der Waals surface area contributed by atoms with Crippen molar-refractivity contribution in [2.24, 2.45) is 0 Å². The largest absolute Gasteiger partial charge is 0.466 e. The van der Waals surface area contributed by atoms with Crippen LogP contribution in [0.4, 0.5) is 0 Å². The molecule has 0 saturated carbocycles. The SMILES string of the molecule is CCCCOC(=O)CCc1ccc(P(c2ccc(CCC(=O)OCCCC)cc2)c2ccc(CCC(=O)OCCCC)cc2)cc1. The Kier molecular flexibility index (Phi) is 17.1. The second kappa shape index (κ2) is 21.3. The first-order valence-electron chi connectivity index (χ1n) is 17.0. The lowest BCUT2D eigenvalue weighted by Crippen LogP contribution is -2.21. The van der Waals surface area contributed by atoms with Crippen LogP contribution in [0.1, 0.15) is 95.2 Å². The third-order valence-electron chi connectivity index (χ3n) is 7.72. The van der Waals surface area contributed by atoms with Crippen LogP contribution >= 0.6 is 7.92 Å². The van der Waals surface area contributed by atoms with Crippen molar-refractivity contribution in [3.63, 3.8) is 0 Å². The average Bonchev–Trinajstić information content (AvgIpc) is 3.07. The average molecular weight is 647 g/mol. The predicted molar refractivity (Wildman–Crippen MR) is 188 cm³/mol. The first-order valence-corrected chi connectivity index (χ1v) is 18.3. The molecule has 0 amide bonds. The Labute approximate surface area is 277 Å². The fourth-order valence-corrected chi connectivity index (χ4v) is 7.07. The van der Waals surface area contributed by atoms with Crippen LogP contribution in [0.3, 0.4) is 0 Å². The molecule has 0 radical (unpaired) electrons. The second-order valence-corrected chi connectivity index (χ2v) is 13.8. The summed E-state index contributed by atoms with van der Waals surface area (Å²) in [5.74, 6) is -0.449. The molecule has 0 aliphatic heterocycles. The lowest BCUT2D eigenvalue weighted by atomic mass is 10.1. The van der Waals surface area contributed by atoms with E-state index in [0.717, 1.165) is 55.2 Å². The molecule has 6 nitrogen and oxygen atoms in total. The number of carbonyl (C=O) groups is 3. The summed E-state index contributed by atoms with van der Waals surface area (Å²) in [6.07, 6.45) is 8.75. The molecule has 46 heavy (non-hydrogen) atoms. The maximum Gasteiger partial charge on any atom is 0.306 e. The molecule has 0 saturated heterocycles. The van der Waals surface area contributed by atoms with Gasteiger partial charge < -0.3 is 14.2 Å². The van der Waals surface area contributed by atoms with Gasteiger partial charge in [0.2, 0.25) is 0 Å². The van der Waals surface area contributed by atoms with Crippen LogP contribution < -0.4 is 15.9 Å². The minimum atomic E-state index is -0.853. The van der Waals surface area contributed by atoms with Crippen LogP contribution in [0.5, 0.6) is 0 Å². The highest BCUT2D eigenvalue weighted by Crippen LogP contribution is 2.33. The Morgan fingerprint density at radius 2 is 0.717 bits per heavy atom. The van der Waals surface area contributed by atoms with Gasteiger partial charge in [0.15, 0.2) is 0 Å². The molecule has 0 aromatic heterocycles. The Balaban J connectivity index is 1.73. The first kappa shape index (κ1) is 37.0. The maximum absolute atomic E-state index is 12.1. The highest BCUT2D eigenvalue weighted by Gasteiger charge is 2.18. The van der Waals surface area contributed by atoms with E-state index in [1.54, 1.807) is 0 Å². The molecule has 0 bridgehead atoms. The third kappa shape index (κ3) is 13.5. The zero-order valence-corrected chi connectivity index (χ0v) is 28.8. The van der Waals surface area contributed by atoms with Crippen molar-refractivity contribution in [3.05, 3.63) is 89.5 Å². The molecule has 0 heterocycles. The summed E-state index contributed by atoms with van der Waals surface area (Å²) < 4.78 is 16.0. The zero-order valence-electron chi connectivity index (χ0n) is 27.9. The van der Waals surface area contributed by atoms with Gasteiger partial charge in [-0.2, -0.15) is 0 Å². The van der Waals surface area contributed by atoms with Gasteiger partial charge in [-0.25, -0.2) is 0 Å². The van der Waals surface area contributed by atoms with Crippen LogP contribution in [-0.4, -0.2) is 37.7 Å². The molecule has 0 unspecified atom stereocenters. The van der Waals surface area contributed by atoms with E-state index in [-0.39, 0.29) is 17.9 Å². The van der Waals surface area contributed by atoms with E-state index in [1.807, 2.05) is 0 Å². The van der Waals surface area contributed by atoms with Crippen LogP contribution in [0.25, 0.3) is 0 Å². The number of hydrogen-bond acceptors (Lipinski definition) is 6.